The number of hydrogen-bond acceptors (Lipinski definition) is 3. The molecule has 0 unspecified atom stereocenters. The van der Waals surface area contributed by atoms with Crippen molar-refractivity contribution in [1.82, 2.24) is 9.97 Å². The molecule has 0 saturated carbocycles. The Morgan fingerprint density at radius 1 is 1.30 bits per heavy atom. The van der Waals surface area contributed by atoms with E-state index in [0.29, 0.717) is 0 Å². The van der Waals surface area contributed by atoms with E-state index in [-0.39, 0.29) is 5.11 Å². The van der Waals surface area contributed by atoms with Crippen LogP contribution in [0.3, 0.4) is 0 Å². The van der Waals surface area contributed by atoms with Crippen molar-refractivity contribution in [2.45, 2.75) is 0 Å². The van der Waals surface area contributed by atoms with Gasteiger partial charge in [-0.2, -0.15) is 0 Å². The highest BCUT2D eigenvalue weighted by Crippen LogP contribution is 2.23. The van der Waals surface area contributed by atoms with Crippen LogP contribution in [0.4, 0.5) is 0 Å². The van der Waals surface area contributed by atoms with Crippen molar-refractivity contribution in [3.05, 3.63) is 12.4 Å². The molecule has 0 spiro atoms. The van der Waals surface area contributed by atoms with Crippen LogP contribution in [0.5, 0.6) is 0 Å². The molecule has 0 amide bonds. The van der Waals surface area contributed by atoms with Gasteiger partial charge in [-0.05, 0) is 12.2 Å². The number of hydrogen-bond donors (Lipinski definition) is 2. The van der Waals surface area contributed by atoms with E-state index in [1.807, 2.05) is 0 Å². The molecule has 4 N–H and O–H groups in total. The van der Waals surface area contributed by atoms with Crippen LogP contribution in [0, 0.1) is 0 Å². The molecule has 10 heavy (non-hydrogen) atoms. The Morgan fingerprint density at radius 3 is 1.80 bits per heavy atom. The fraction of sp³-hybridized carbons (Fsp3) is 0. The first-order valence-electron chi connectivity index (χ1n) is 2.57. The van der Waals surface area contributed by atoms with Gasteiger partial charge in [0.05, 0.1) is 12.4 Å². The average molecular weight is 154 g/mol. The van der Waals surface area contributed by atoms with E-state index in [1.54, 1.807) is 12.4 Å². The normalized spacial score (nSPS) is 9.20. The van der Waals surface area contributed by atoms with Crippen molar-refractivity contribution >= 4 is 17.3 Å². The summed E-state index contributed by atoms with van der Waals surface area (Å²) in [6.07, 6.45) is 3.52. The van der Waals surface area contributed by atoms with Gasteiger partial charge >= 0.3 is 0 Å². The zero-order valence-electron chi connectivity index (χ0n) is 5.11. The first-order chi connectivity index (χ1) is 4.70. The molecule has 4 nitrogen and oxygen atoms in total. The summed E-state index contributed by atoms with van der Waals surface area (Å²) in [6.45, 7) is 0. The monoisotopic (exact) mass is 154 g/mol. The van der Waals surface area contributed by atoms with E-state index >= 15 is 0 Å². The molecule has 2 heterocycles. The molecule has 0 aromatic rings. The van der Waals surface area contributed by atoms with Gasteiger partial charge in [0.2, 0.25) is 0 Å². The summed E-state index contributed by atoms with van der Waals surface area (Å²) in [5.41, 5.74) is 11.4. The van der Waals surface area contributed by atoms with Crippen molar-refractivity contribution in [2.24, 2.45) is 11.5 Å². The minimum atomic E-state index is 0.000000000000000222. The highest BCUT2D eigenvalue weighted by Gasteiger charge is 2.12. The summed E-state index contributed by atoms with van der Waals surface area (Å²) < 4.78 is 0. The van der Waals surface area contributed by atoms with Crippen LogP contribution in [0.2, 0.25) is 0 Å². The van der Waals surface area contributed by atoms with Gasteiger partial charge in [0.15, 0.2) is 5.11 Å². The maximum atomic E-state index is 4.62. The zero-order valence-corrected chi connectivity index (χ0v) is 5.93. The molecule has 0 fully saturated rings. The molecule has 0 bridgehead atoms. The lowest BCUT2D eigenvalue weighted by molar-refractivity contribution is 1.38. The second-order valence-corrected chi connectivity index (χ2v) is 2.16. The fourth-order valence-electron chi connectivity index (χ4n) is 0.470. The molecule has 0 atom stereocenters. The molecule has 0 saturated heterocycles. The number of aromatic nitrogens is 2. The molecule has 5 heteroatoms. The van der Waals surface area contributed by atoms with E-state index in [2.05, 4.69) is 33.7 Å². The molecule has 2 rings (SSSR count). The highest BCUT2D eigenvalue weighted by molar-refractivity contribution is 7.80. The van der Waals surface area contributed by atoms with E-state index < -0.39 is 0 Å². The van der Waals surface area contributed by atoms with Crippen molar-refractivity contribution in [2.75, 3.05) is 0 Å². The Kier molecular flexibility index (Phi) is 1.77. The molecule has 0 aromatic heterocycles. The van der Waals surface area contributed by atoms with Crippen molar-refractivity contribution < 1.29 is 0 Å². The van der Waals surface area contributed by atoms with Crippen LogP contribution in [0.1, 0.15) is 0 Å². The first-order valence-corrected chi connectivity index (χ1v) is 2.98. The Labute approximate surface area is 63.3 Å². The Balaban J connectivity index is 0.000000112. The van der Waals surface area contributed by atoms with Crippen molar-refractivity contribution in [3.8, 4) is 11.4 Å². The van der Waals surface area contributed by atoms with Gasteiger partial charge in [-0.25, -0.2) is 4.98 Å². The maximum absolute atomic E-state index is 4.62. The Bertz CT molecular complexity index is 238. The van der Waals surface area contributed by atoms with Crippen LogP contribution in [0.15, 0.2) is 12.4 Å². The van der Waals surface area contributed by atoms with Gasteiger partial charge in [0.1, 0.15) is 11.4 Å². The smallest absolute Gasteiger partial charge is 0.160 e. The topological polar surface area (TPSA) is 77.8 Å². The lowest BCUT2D eigenvalue weighted by Crippen LogP contribution is -2.18. The van der Waals surface area contributed by atoms with Crippen LogP contribution >= 0.6 is 12.2 Å². The first kappa shape index (κ1) is 6.88. The molecular weight excluding hydrogens is 148 g/mol. The van der Waals surface area contributed by atoms with Crippen LogP contribution < -0.4 is 11.5 Å². The summed E-state index contributed by atoms with van der Waals surface area (Å²) >= 11 is 4.09. The molecule has 0 aliphatic carbocycles. The summed E-state index contributed by atoms with van der Waals surface area (Å²) in [7, 11) is 0. The van der Waals surface area contributed by atoms with Gasteiger partial charge in [-0.1, -0.05) is 0 Å². The minimum absolute atomic E-state index is 0.000000000000000222. The number of fused-ring (bicyclic) bond motifs is 1. The van der Waals surface area contributed by atoms with Crippen molar-refractivity contribution in [3.63, 3.8) is 0 Å². The summed E-state index contributed by atoms with van der Waals surface area (Å²) in [6, 6.07) is 0. The van der Waals surface area contributed by atoms with Crippen LogP contribution in [-0.4, -0.2) is 15.1 Å². The van der Waals surface area contributed by atoms with E-state index in [9.17, 15) is 0 Å². The zero-order chi connectivity index (χ0) is 7.56. The van der Waals surface area contributed by atoms with Crippen molar-refractivity contribution in [1.29, 1.82) is 0 Å². The van der Waals surface area contributed by atoms with E-state index in [4.69, 9.17) is 0 Å². The number of nitrogens with zero attached hydrogens (tertiary/aromatic N) is 2. The Morgan fingerprint density at radius 2 is 1.70 bits per heavy atom. The summed E-state index contributed by atoms with van der Waals surface area (Å²) in [5, 5.41) is 0.000000000000000222. The summed E-state index contributed by atoms with van der Waals surface area (Å²) in [4.78, 5) is 7.69. The molecule has 0 radical (unpaired) electrons. The third-order valence-electron chi connectivity index (χ3n) is 0.847. The van der Waals surface area contributed by atoms with Gasteiger partial charge in [-0.15, -0.1) is 0 Å². The quantitative estimate of drug-likeness (QED) is 0.507. The lowest BCUT2D eigenvalue weighted by atomic mass is 10.6. The maximum Gasteiger partial charge on any atom is 0.160 e. The molecule has 0 aromatic carbocycles. The standard InChI is InChI=1S/C4H2N2.CH4N2S/c1-3-4(6-3)2-5-1;2-1(3)4/h1-2H;(H4,2,3,4). The van der Waals surface area contributed by atoms with Gasteiger partial charge in [0, 0.05) is 0 Å². The predicted molar refractivity (Wildman–Crippen MR) is 42.0 cm³/mol. The lowest BCUT2D eigenvalue weighted by Gasteiger charge is -1.68. The van der Waals surface area contributed by atoms with Crippen LogP contribution in [0.25, 0.3) is 11.4 Å². The predicted octanol–water partition coefficient (Wildman–Crippen LogP) is -0.354. The van der Waals surface area contributed by atoms with Crippen LogP contribution in [-0.2, 0) is 0 Å². The number of rotatable bonds is 0. The summed E-state index contributed by atoms with van der Waals surface area (Å²) in [5.74, 6) is 0. The largest absolute Gasteiger partial charge is 0.377 e. The molecule has 2 aliphatic heterocycles. The molecule has 52 valence electrons. The van der Waals surface area contributed by atoms with Gasteiger partial charge < -0.3 is 11.5 Å². The third kappa shape index (κ3) is 1.94. The Hall–Kier alpha value is -1.23. The highest BCUT2D eigenvalue weighted by atomic mass is 32.1. The van der Waals surface area contributed by atoms with Gasteiger partial charge in [0.25, 0.3) is 0 Å². The van der Waals surface area contributed by atoms with Gasteiger partial charge in [-0.3, -0.25) is 4.98 Å². The minimum Gasteiger partial charge on any atom is -0.377 e. The molecule has 2 aliphatic rings. The number of thiocarbonyl (C=S) groups is 1. The average Bonchev–Trinajstić information content (AvgIpc) is 2.40. The third-order valence-corrected chi connectivity index (χ3v) is 0.847. The number of nitrogens with two attached hydrogens (primary N) is 2. The van der Waals surface area contributed by atoms with E-state index in [1.165, 1.54) is 0 Å². The fourth-order valence-corrected chi connectivity index (χ4v) is 0.470. The SMILES string of the molecule is NC(N)=S.c1ncc2nc1-2. The second kappa shape index (κ2) is 2.57. The van der Waals surface area contributed by atoms with E-state index in [0.717, 1.165) is 11.4 Å². The molecular formula is C5H6N4S. The second-order valence-electron chi connectivity index (χ2n) is 1.69.